The first kappa shape index (κ1) is 16.6. The van der Waals surface area contributed by atoms with E-state index in [4.69, 9.17) is 16.3 Å². The van der Waals surface area contributed by atoms with Gasteiger partial charge in [0.05, 0.1) is 7.11 Å². The second kappa shape index (κ2) is 7.51. The highest BCUT2D eigenvalue weighted by molar-refractivity contribution is 6.30. The molecule has 0 spiro atoms. The van der Waals surface area contributed by atoms with Crippen molar-refractivity contribution in [2.75, 3.05) is 12.4 Å². The SMILES string of the molecule is COc1cccc(/C=N/c2[nH]nc(Nc3ccc(Cl)cc3)c2C#N)c1. The van der Waals surface area contributed by atoms with Crippen LogP contribution in [0.15, 0.2) is 53.5 Å². The minimum absolute atomic E-state index is 0.328. The molecule has 1 aromatic heterocycles. The van der Waals surface area contributed by atoms with E-state index in [1.54, 1.807) is 37.6 Å². The maximum Gasteiger partial charge on any atom is 0.172 e. The summed E-state index contributed by atoms with van der Waals surface area (Å²) < 4.78 is 5.18. The summed E-state index contributed by atoms with van der Waals surface area (Å²) in [6.45, 7) is 0. The standard InChI is InChI=1S/C18H14ClN5O/c1-25-15-4-2-3-12(9-15)11-21-17-16(10-20)18(24-23-17)22-14-7-5-13(19)6-8-14/h2-9,11H,1H3,(H2,22,23,24)/b21-11+. The number of nitrogens with zero attached hydrogens (tertiary/aromatic N) is 3. The van der Waals surface area contributed by atoms with Crippen LogP contribution in [-0.2, 0) is 0 Å². The van der Waals surface area contributed by atoms with Crippen LogP contribution in [-0.4, -0.2) is 23.5 Å². The molecule has 3 aromatic rings. The summed E-state index contributed by atoms with van der Waals surface area (Å²) >= 11 is 5.87. The lowest BCUT2D eigenvalue weighted by Crippen LogP contribution is -1.92. The number of H-pyrrole nitrogens is 1. The molecule has 0 bridgehead atoms. The molecule has 2 N–H and O–H groups in total. The minimum Gasteiger partial charge on any atom is -0.497 e. The Balaban J connectivity index is 1.83. The van der Waals surface area contributed by atoms with Crippen LogP contribution in [0.3, 0.4) is 0 Å². The van der Waals surface area contributed by atoms with E-state index in [1.807, 2.05) is 24.3 Å². The van der Waals surface area contributed by atoms with E-state index in [2.05, 4.69) is 26.6 Å². The minimum atomic E-state index is 0.328. The van der Waals surface area contributed by atoms with Crippen LogP contribution in [0.4, 0.5) is 17.3 Å². The van der Waals surface area contributed by atoms with Crippen molar-refractivity contribution in [2.24, 2.45) is 4.99 Å². The van der Waals surface area contributed by atoms with Crippen LogP contribution >= 0.6 is 11.6 Å². The van der Waals surface area contributed by atoms with Gasteiger partial charge in [-0.3, -0.25) is 5.10 Å². The van der Waals surface area contributed by atoms with E-state index in [-0.39, 0.29) is 0 Å². The maximum atomic E-state index is 9.42. The Hall–Kier alpha value is -3.30. The molecule has 0 aliphatic rings. The first-order valence-electron chi connectivity index (χ1n) is 7.39. The summed E-state index contributed by atoms with van der Waals surface area (Å²) in [7, 11) is 1.60. The van der Waals surface area contributed by atoms with E-state index in [9.17, 15) is 5.26 Å². The molecule has 0 saturated carbocycles. The van der Waals surface area contributed by atoms with Gasteiger partial charge in [-0.15, -0.1) is 0 Å². The molecule has 0 aliphatic carbocycles. The van der Waals surface area contributed by atoms with Crippen LogP contribution < -0.4 is 10.1 Å². The largest absolute Gasteiger partial charge is 0.497 e. The predicted octanol–water partition coefficient (Wildman–Crippen LogP) is 4.44. The van der Waals surface area contributed by atoms with E-state index in [1.165, 1.54) is 0 Å². The molecule has 0 atom stereocenters. The molecule has 25 heavy (non-hydrogen) atoms. The van der Waals surface area contributed by atoms with Crippen LogP contribution in [0.1, 0.15) is 11.1 Å². The van der Waals surface area contributed by atoms with Gasteiger partial charge in [0.1, 0.15) is 17.4 Å². The van der Waals surface area contributed by atoms with Crippen molar-refractivity contribution >= 4 is 35.1 Å². The Bertz CT molecular complexity index is 941. The zero-order chi connectivity index (χ0) is 17.6. The fourth-order valence-corrected chi connectivity index (χ4v) is 2.28. The molecule has 3 rings (SSSR count). The Morgan fingerprint density at radius 2 is 2.08 bits per heavy atom. The number of hydrogen-bond acceptors (Lipinski definition) is 5. The average molecular weight is 352 g/mol. The lowest BCUT2D eigenvalue weighted by Gasteiger charge is -2.02. The Kier molecular flexibility index (Phi) is 4.97. The summed E-state index contributed by atoms with van der Waals surface area (Å²) in [5.41, 5.74) is 1.95. The fraction of sp³-hybridized carbons (Fsp3) is 0.0556. The average Bonchev–Trinajstić information content (AvgIpc) is 3.03. The molecule has 0 fully saturated rings. The van der Waals surface area contributed by atoms with Crippen LogP contribution in [0.2, 0.25) is 5.02 Å². The van der Waals surface area contributed by atoms with Crippen molar-refractivity contribution in [3.63, 3.8) is 0 Å². The molecule has 0 unspecified atom stereocenters. The number of aliphatic imine (C=N–C) groups is 1. The van der Waals surface area contributed by atoms with Crippen molar-refractivity contribution in [3.05, 3.63) is 64.7 Å². The van der Waals surface area contributed by atoms with Gasteiger partial charge in [0.25, 0.3) is 0 Å². The van der Waals surface area contributed by atoms with E-state index >= 15 is 0 Å². The van der Waals surface area contributed by atoms with Crippen LogP contribution in [0.25, 0.3) is 0 Å². The second-order valence-corrected chi connectivity index (χ2v) is 5.51. The van der Waals surface area contributed by atoms with Gasteiger partial charge in [-0.2, -0.15) is 10.4 Å². The zero-order valence-electron chi connectivity index (χ0n) is 13.3. The third kappa shape index (κ3) is 3.97. The van der Waals surface area contributed by atoms with Gasteiger partial charge in [0.2, 0.25) is 0 Å². The molecular formula is C18H14ClN5O. The first-order valence-corrected chi connectivity index (χ1v) is 7.76. The highest BCUT2D eigenvalue weighted by atomic mass is 35.5. The molecule has 0 aliphatic heterocycles. The molecule has 2 aromatic carbocycles. The van der Waals surface area contributed by atoms with Gasteiger partial charge in [-0.25, -0.2) is 4.99 Å². The highest BCUT2D eigenvalue weighted by Gasteiger charge is 2.12. The zero-order valence-corrected chi connectivity index (χ0v) is 14.1. The first-order chi connectivity index (χ1) is 12.2. The number of nitrogens with one attached hydrogen (secondary N) is 2. The number of hydrogen-bond donors (Lipinski definition) is 2. The van der Waals surface area contributed by atoms with E-state index in [0.29, 0.717) is 22.2 Å². The number of nitriles is 1. The third-order valence-electron chi connectivity index (χ3n) is 3.40. The Morgan fingerprint density at radius 1 is 1.28 bits per heavy atom. The van der Waals surface area contributed by atoms with Crippen molar-refractivity contribution in [1.29, 1.82) is 5.26 Å². The van der Waals surface area contributed by atoms with Crippen molar-refractivity contribution in [3.8, 4) is 11.8 Å². The van der Waals surface area contributed by atoms with Crippen molar-refractivity contribution in [2.45, 2.75) is 0 Å². The Labute approximate surface area is 149 Å². The number of ether oxygens (including phenoxy) is 1. The highest BCUT2D eigenvalue weighted by Crippen LogP contribution is 2.26. The second-order valence-electron chi connectivity index (χ2n) is 5.07. The quantitative estimate of drug-likeness (QED) is 0.665. The molecule has 6 nitrogen and oxygen atoms in total. The summed E-state index contributed by atoms with van der Waals surface area (Å²) in [6.07, 6.45) is 1.64. The monoisotopic (exact) mass is 351 g/mol. The number of anilines is 2. The normalized spacial score (nSPS) is 10.6. The third-order valence-corrected chi connectivity index (χ3v) is 3.65. The number of aromatic nitrogens is 2. The number of benzene rings is 2. The van der Waals surface area contributed by atoms with Gasteiger partial charge in [-0.05, 0) is 42.0 Å². The predicted molar refractivity (Wildman–Crippen MR) is 98.3 cm³/mol. The molecule has 1 heterocycles. The smallest absolute Gasteiger partial charge is 0.172 e. The lowest BCUT2D eigenvalue weighted by molar-refractivity contribution is 0.415. The number of rotatable bonds is 5. The molecule has 0 amide bonds. The summed E-state index contributed by atoms with van der Waals surface area (Å²) in [5.74, 6) is 1.52. The Morgan fingerprint density at radius 3 is 2.80 bits per heavy atom. The van der Waals surface area contributed by atoms with Gasteiger partial charge < -0.3 is 10.1 Å². The number of halogens is 1. The van der Waals surface area contributed by atoms with Crippen LogP contribution in [0.5, 0.6) is 5.75 Å². The molecule has 0 saturated heterocycles. The van der Waals surface area contributed by atoms with Gasteiger partial charge >= 0.3 is 0 Å². The number of methoxy groups -OCH3 is 1. The molecule has 7 heteroatoms. The molecule has 124 valence electrons. The topological polar surface area (TPSA) is 86.1 Å². The van der Waals surface area contributed by atoms with Crippen molar-refractivity contribution in [1.82, 2.24) is 10.2 Å². The molecular weight excluding hydrogens is 338 g/mol. The number of aromatic amines is 1. The molecule has 0 radical (unpaired) electrons. The summed E-state index contributed by atoms with van der Waals surface area (Å²) in [4.78, 5) is 4.32. The van der Waals surface area contributed by atoms with Gasteiger partial charge in [0.15, 0.2) is 11.6 Å². The summed E-state index contributed by atoms with van der Waals surface area (Å²) in [5, 5.41) is 20.0. The van der Waals surface area contributed by atoms with Crippen molar-refractivity contribution < 1.29 is 4.74 Å². The van der Waals surface area contributed by atoms with E-state index < -0.39 is 0 Å². The van der Waals surface area contributed by atoms with Gasteiger partial charge in [-0.1, -0.05) is 23.7 Å². The van der Waals surface area contributed by atoms with Gasteiger partial charge in [0, 0.05) is 16.9 Å². The van der Waals surface area contributed by atoms with E-state index in [0.717, 1.165) is 17.0 Å². The van der Waals surface area contributed by atoms with Crippen LogP contribution in [0, 0.1) is 11.3 Å². The maximum absolute atomic E-state index is 9.42. The lowest BCUT2D eigenvalue weighted by atomic mass is 10.2. The fourth-order valence-electron chi connectivity index (χ4n) is 2.15. The summed E-state index contributed by atoms with van der Waals surface area (Å²) in [6, 6.07) is 16.7.